The molecule has 2 atom stereocenters. The van der Waals surface area contributed by atoms with Gasteiger partial charge >= 0.3 is 0 Å². The minimum absolute atomic E-state index is 0.414. The van der Waals surface area contributed by atoms with Crippen LogP contribution in [0.2, 0.25) is 0 Å². The van der Waals surface area contributed by atoms with Gasteiger partial charge in [0.15, 0.2) is 0 Å². The maximum absolute atomic E-state index is 10.3. The number of aliphatic hydroxyl groups excluding tert-OH is 1. The summed E-state index contributed by atoms with van der Waals surface area (Å²) < 4.78 is 7.51. The molecule has 5 nitrogen and oxygen atoms in total. The van der Waals surface area contributed by atoms with Gasteiger partial charge in [0.1, 0.15) is 12.2 Å². The Labute approximate surface area is 102 Å². The quantitative estimate of drug-likeness (QED) is 0.837. The second kappa shape index (κ2) is 5.14. The first-order valence-electron chi connectivity index (χ1n) is 6.34. The summed E-state index contributed by atoms with van der Waals surface area (Å²) in [7, 11) is 0. The maximum Gasteiger partial charge on any atom is 0.138 e. The number of aromatic nitrogens is 3. The molecule has 0 amide bonds. The highest BCUT2D eigenvalue weighted by Crippen LogP contribution is 2.29. The predicted octanol–water partition coefficient (Wildman–Crippen LogP) is 1.16. The molecule has 1 aromatic rings. The lowest BCUT2D eigenvalue weighted by Crippen LogP contribution is -2.40. The molecule has 0 radical (unpaired) electrons. The van der Waals surface area contributed by atoms with Crippen LogP contribution in [0.15, 0.2) is 6.33 Å². The third kappa shape index (κ3) is 2.66. The lowest BCUT2D eigenvalue weighted by molar-refractivity contribution is -0.0777. The average molecular weight is 239 g/mol. The van der Waals surface area contributed by atoms with E-state index < -0.39 is 11.7 Å². The Kier molecular flexibility index (Phi) is 3.79. The number of hydrogen-bond donors (Lipinski definition) is 1. The fourth-order valence-electron chi connectivity index (χ4n) is 2.30. The van der Waals surface area contributed by atoms with Gasteiger partial charge in [0.25, 0.3) is 0 Å². The van der Waals surface area contributed by atoms with Crippen LogP contribution in [0.1, 0.15) is 38.9 Å². The minimum atomic E-state index is -0.509. The molecule has 2 unspecified atom stereocenters. The summed E-state index contributed by atoms with van der Waals surface area (Å²) in [5.74, 6) is 0.844. The molecule has 2 rings (SSSR count). The van der Waals surface area contributed by atoms with Crippen LogP contribution in [0.3, 0.4) is 0 Å². The largest absolute Gasteiger partial charge is 0.390 e. The van der Waals surface area contributed by atoms with Crippen LogP contribution in [0.25, 0.3) is 0 Å². The van der Waals surface area contributed by atoms with Crippen molar-refractivity contribution in [1.82, 2.24) is 14.8 Å². The van der Waals surface area contributed by atoms with Crippen molar-refractivity contribution >= 4 is 0 Å². The second-order valence-corrected chi connectivity index (χ2v) is 4.88. The highest BCUT2D eigenvalue weighted by molar-refractivity contribution is 4.96. The number of ether oxygens (including phenoxy) is 1. The third-order valence-corrected chi connectivity index (χ3v) is 3.46. The van der Waals surface area contributed by atoms with E-state index in [0.717, 1.165) is 38.2 Å². The normalized spacial score (nSPS) is 26.3. The van der Waals surface area contributed by atoms with Crippen molar-refractivity contribution in [3.8, 4) is 0 Å². The van der Waals surface area contributed by atoms with Crippen LogP contribution >= 0.6 is 0 Å². The fraction of sp³-hybridized carbons (Fsp3) is 0.833. The molecule has 17 heavy (non-hydrogen) atoms. The van der Waals surface area contributed by atoms with E-state index in [2.05, 4.69) is 17.0 Å². The maximum atomic E-state index is 10.3. The SMILES string of the molecule is CCCn1ncnc1CC(O)C1(C)CCCO1. The Balaban J connectivity index is 2.02. The molecule has 1 fully saturated rings. The molecule has 96 valence electrons. The predicted molar refractivity (Wildman–Crippen MR) is 63.6 cm³/mol. The lowest BCUT2D eigenvalue weighted by atomic mass is 9.93. The van der Waals surface area contributed by atoms with Gasteiger partial charge in [-0.3, -0.25) is 4.68 Å². The molecule has 0 aromatic carbocycles. The molecule has 0 aliphatic carbocycles. The first-order chi connectivity index (χ1) is 8.15. The van der Waals surface area contributed by atoms with Crippen molar-refractivity contribution in [2.75, 3.05) is 6.61 Å². The standard InChI is InChI=1S/C12H21N3O2/c1-3-6-15-11(13-9-14-15)8-10(16)12(2)5-4-7-17-12/h9-10,16H,3-8H2,1-2H3. The zero-order chi connectivity index (χ0) is 12.3. The van der Waals surface area contributed by atoms with E-state index >= 15 is 0 Å². The Morgan fingerprint density at radius 3 is 3.12 bits per heavy atom. The van der Waals surface area contributed by atoms with Gasteiger partial charge < -0.3 is 9.84 Å². The van der Waals surface area contributed by atoms with Crippen molar-refractivity contribution in [3.05, 3.63) is 12.2 Å². The van der Waals surface area contributed by atoms with Crippen molar-refractivity contribution in [1.29, 1.82) is 0 Å². The molecule has 0 spiro atoms. The Morgan fingerprint density at radius 2 is 2.47 bits per heavy atom. The summed E-state index contributed by atoms with van der Waals surface area (Å²) in [4.78, 5) is 4.21. The van der Waals surface area contributed by atoms with Gasteiger partial charge in [-0.1, -0.05) is 6.92 Å². The van der Waals surface area contributed by atoms with Crippen LogP contribution in [0.4, 0.5) is 0 Å². The van der Waals surface area contributed by atoms with E-state index in [1.807, 2.05) is 11.6 Å². The third-order valence-electron chi connectivity index (χ3n) is 3.46. The van der Waals surface area contributed by atoms with Crippen LogP contribution in [0, 0.1) is 0 Å². The van der Waals surface area contributed by atoms with Crippen LogP contribution in [-0.4, -0.2) is 38.2 Å². The molecule has 2 heterocycles. The first-order valence-corrected chi connectivity index (χ1v) is 6.34. The molecular formula is C12H21N3O2. The molecule has 1 aromatic heterocycles. The zero-order valence-electron chi connectivity index (χ0n) is 10.6. The van der Waals surface area contributed by atoms with Crippen molar-refractivity contribution in [2.24, 2.45) is 0 Å². The van der Waals surface area contributed by atoms with Crippen LogP contribution in [0.5, 0.6) is 0 Å². The summed E-state index contributed by atoms with van der Waals surface area (Å²) in [6.45, 7) is 5.67. The van der Waals surface area contributed by atoms with Gasteiger partial charge in [0, 0.05) is 19.6 Å². The van der Waals surface area contributed by atoms with E-state index in [9.17, 15) is 5.11 Å². The molecule has 1 N–H and O–H groups in total. The second-order valence-electron chi connectivity index (χ2n) is 4.88. The number of hydrogen-bond acceptors (Lipinski definition) is 4. The van der Waals surface area contributed by atoms with Crippen molar-refractivity contribution in [2.45, 2.75) is 57.8 Å². The van der Waals surface area contributed by atoms with E-state index in [1.54, 1.807) is 6.33 Å². The monoisotopic (exact) mass is 239 g/mol. The molecule has 1 aliphatic rings. The summed E-state index contributed by atoms with van der Waals surface area (Å²) >= 11 is 0. The Morgan fingerprint density at radius 1 is 1.65 bits per heavy atom. The highest BCUT2D eigenvalue weighted by Gasteiger charge is 2.38. The van der Waals surface area contributed by atoms with E-state index in [0.29, 0.717) is 6.42 Å². The van der Waals surface area contributed by atoms with E-state index in [-0.39, 0.29) is 0 Å². The van der Waals surface area contributed by atoms with Crippen molar-refractivity contribution < 1.29 is 9.84 Å². The number of aliphatic hydroxyl groups is 1. The molecule has 1 aliphatic heterocycles. The van der Waals surface area contributed by atoms with Crippen LogP contribution in [-0.2, 0) is 17.7 Å². The summed E-state index contributed by atoms with van der Waals surface area (Å²) in [6.07, 6.45) is 4.50. The molecule has 1 saturated heterocycles. The van der Waals surface area contributed by atoms with Gasteiger partial charge in [0.2, 0.25) is 0 Å². The molecule has 5 heteroatoms. The Hall–Kier alpha value is -0.940. The number of rotatable bonds is 5. The summed E-state index contributed by atoms with van der Waals surface area (Å²) in [6, 6.07) is 0. The molecule has 0 saturated carbocycles. The van der Waals surface area contributed by atoms with Crippen molar-refractivity contribution in [3.63, 3.8) is 0 Å². The topological polar surface area (TPSA) is 60.2 Å². The van der Waals surface area contributed by atoms with Gasteiger partial charge in [-0.2, -0.15) is 5.10 Å². The number of nitrogens with zero attached hydrogens (tertiary/aromatic N) is 3. The minimum Gasteiger partial charge on any atom is -0.390 e. The van der Waals surface area contributed by atoms with E-state index in [4.69, 9.17) is 4.74 Å². The van der Waals surface area contributed by atoms with E-state index in [1.165, 1.54) is 0 Å². The van der Waals surface area contributed by atoms with Gasteiger partial charge in [0.05, 0.1) is 11.7 Å². The average Bonchev–Trinajstić information content (AvgIpc) is 2.90. The first kappa shape index (κ1) is 12.5. The van der Waals surface area contributed by atoms with Gasteiger partial charge in [-0.25, -0.2) is 4.98 Å². The van der Waals surface area contributed by atoms with Crippen LogP contribution < -0.4 is 0 Å². The Bertz CT molecular complexity index is 358. The fourth-order valence-corrected chi connectivity index (χ4v) is 2.30. The van der Waals surface area contributed by atoms with Gasteiger partial charge in [-0.05, 0) is 26.2 Å². The molecular weight excluding hydrogens is 218 g/mol. The summed E-state index contributed by atoms with van der Waals surface area (Å²) in [5, 5.41) is 14.4. The van der Waals surface area contributed by atoms with Gasteiger partial charge in [-0.15, -0.1) is 0 Å². The smallest absolute Gasteiger partial charge is 0.138 e. The number of aryl methyl sites for hydroxylation is 1. The highest BCUT2D eigenvalue weighted by atomic mass is 16.5. The molecule has 0 bridgehead atoms. The zero-order valence-corrected chi connectivity index (χ0v) is 10.6. The summed E-state index contributed by atoms with van der Waals surface area (Å²) in [5.41, 5.74) is -0.414. The lowest BCUT2D eigenvalue weighted by Gasteiger charge is -2.29.